The Morgan fingerprint density at radius 2 is 1.90 bits per heavy atom. The second kappa shape index (κ2) is 6.16. The van der Waals surface area contributed by atoms with Crippen LogP contribution in [-0.2, 0) is 10.2 Å². The number of aromatic hydroxyl groups is 1. The van der Waals surface area contributed by atoms with Crippen LogP contribution in [0.15, 0.2) is 18.2 Å². The van der Waals surface area contributed by atoms with Crippen LogP contribution in [0.3, 0.4) is 0 Å². The fourth-order valence-corrected chi connectivity index (χ4v) is 1.77. The number of alkyl carbamates (subject to hydrolysis) is 1. The van der Waals surface area contributed by atoms with Gasteiger partial charge in [-0.2, -0.15) is 0 Å². The molecule has 1 rings (SSSR count). The lowest BCUT2D eigenvalue weighted by Gasteiger charge is -2.27. The molecule has 0 fully saturated rings. The number of carbonyl (C=O) groups excluding carboxylic acids is 2. The number of rotatable bonds is 4. The van der Waals surface area contributed by atoms with Gasteiger partial charge in [-0.05, 0) is 38.5 Å². The number of aldehydes is 1. The molecule has 0 heterocycles. The van der Waals surface area contributed by atoms with Gasteiger partial charge in [0, 0.05) is 12.0 Å². The third-order valence-corrected chi connectivity index (χ3v) is 3.01. The van der Waals surface area contributed by atoms with Crippen molar-refractivity contribution in [2.75, 3.05) is 6.54 Å². The Kier molecular flexibility index (Phi) is 4.99. The lowest BCUT2D eigenvalue weighted by Crippen LogP contribution is -2.39. The van der Waals surface area contributed by atoms with E-state index in [4.69, 9.17) is 4.74 Å². The van der Waals surface area contributed by atoms with E-state index in [0.29, 0.717) is 12.8 Å². The second-order valence-electron chi connectivity index (χ2n) is 6.63. The van der Waals surface area contributed by atoms with Gasteiger partial charge in [0.05, 0.1) is 5.56 Å². The van der Waals surface area contributed by atoms with Crippen LogP contribution in [0.25, 0.3) is 0 Å². The zero-order chi connectivity index (χ0) is 16.3. The van der Waals surface area contributed by atoms with Crippen molar-refractivity contribution in [1.29, 1.82) is 0 Å². The van der Waals surface area contributed by atoms with E-state index < -0.39 is 17.1 Å². The number of nitrogens with one attached hydrogen (secondary N) is 1. The number of benzene rings is 1. The minimum atomic E-state index is -0.544. The highest BCUT2D eigenvalue weighted by atomic mass is 16.6. The molecule has 1 aromatic rings. The van der Waals surface area contributed by atoms with Gasteiger partial charge in [-0.3, -0.25) is 4.79 Å². The molecule has 0 aliphatic carbocycles. The van der Waals surface area contributed by atoms with Crippen LogP contribution in [0.5, 0.6) is 5.75 Å². The van der Waals surface area contributed by atoms with E-state index in [0.717, 1.165) is 5.56 Å². The Morgan fingerprint density at radius 3 is 2.38 bits per heavy atom. The summed E-state index contributed by atoms with van der Waals surface area (Å²) < 4.78 is 5.18. The molecule has 21 heavy (non-hydrogen) atoms. The molecule has 5 nitrogen and oxygen atoms in total. The molecule has 0 aliphatic heterocycles. The third-order valence-electron chi connectivity index (χ3n) is 3.01. The van der Waals surface area contributed by atoms with Gasteiger partial charge in [0.1, 0.15) is 11.4 Å². The van der Waals surface area contributed by atoms with E-state index in [1.165, 1.54) is 0 Å². The summed E-state index contributed by atoms with van der Waals surface area (Å²) in [6.45, 7) is 9.61. The highest BCUT2D eigenvalue weighted by Crippen LogP contribution is 2.27. The van der Waals surface area contributed by atoms with E-state index in [-0.39, 0.29) is 11.3 Å². The zero-order valence-electron chi connectivity index (χ0n) is 13.2. The molecule has 1 aromatic carbocycles. The maximum absolute atomic E-state index is 11.7. The highest BCUT2D eigenvalue weighted by Gasteiger charge is 2.24. The van der Waals surface area contributed by atoms with Crippen LogP contribution in [0.4, 0.5) is 4.79 Å². The Hall–Kier alpha value is -2.04. The van der Waals surface area contributed by atoms with Gasteiger partial charge in [-0.25, -0.2) is 4.79 Å². The van der Waals surface area contributed by atoms with Crippen LogP contribution in [0.2, 0.25) is 0 Å². The van der Waals surface area contributed by atoms with Gasteiger partial charge in [-0.1, -0.05) is 19.9 Å². The first-order valence-corrected chi connectivity index (χ1v) is 6.81. The topological polar surface area (TPSA) is 75.6 Å². The molecule has 116 valence electrons. The lowest BCUT2D eigenvalue weighted by molar-refractivity contribution is 0.0517. The van der Waals surface area contributed by atoms with Gasteiger partial charge >= 0.3 is 6.09 Å². The summed E-state index contributed by atoms with van der Waals surface area (Å²) >= 11 is 0. The van der Waals surface area contributed by atoms with Crippen molar-refractivity contribution in [2.24, 2.45) is 0 Å². The standard InChI is InChI=1S/C16H23NO4/c1-15(2,3)21-14(20)17-10-16(4,5)12-7-6-11(9-18)13(19)8-12/h6-9,19H,10H2,1-5H3,(H,17,20). The van der Waals surface area contributed by atoms with Gasteiger partial charge in [0.2, 0.25) is 0 Å². The minimum Gasteiger partial charge on any atom is -0.507 e. The first kappa shape index (κ1) is 17.0. The van der Waals surface area contributed by atoms with Gasteiger partial charge in [0.25, 0.3) is 0 Å². The Labute approximate surface area is 125 Å². The van der Waals surface area contributed by atoms with E-state index in [1.54, 1.807) is 39.0 Å². The molecule has 0 aromatic heterocycles. The lowest BCUT2D eigenvalue weighted by atomic mass is 9.84. The van der Waals surface area contributed by atoms with Crippen LogP contribution in [-0.4, -0.2) is 29.6 Å². The molecular formula is C16H23NO4. The molecule has 0 saturated heterocycles. The van der Waals surface area contributed by atoms with Crippen LogP contribution < -0.4 is 5.32 Å². The summed E-state index contributed by atoms with van der Waals surface area (Å²) in [6.07, 6.45) is 0.120. The third kappa shape index (κ3) is 5.10. The predicted molar refractivity (Wildman–Crippen MR) is 80.8 cm³/mol. The summed E-state index contributed by atoms with van der Waals surface area (Å²) in [6, 6.07) is 4.87. The molecule has 0 aliphatic rings. The fraction of sp³-hybridized carbons (Fsp3) is 0.500. The van der Waals surface area contributed by atoms with Gasteiger partial charge in [-0.15, -0.1) is 0 Å². The maximum Gasteiger partial charge on any atom is 0.407 e. The monoisotopic (exact) mass is 293 g/mol. The minimum absolute atomic E-state index is 0.0622. The van der Waals surface area contributed by atoms with Gasteiger partial charge < -0.3 is 15.2 Å². The molecule has 5 heteroatoms. The molecule has 0 bridgehead atoms. The fourth-order valence-electron chi connectivity index (χ4n) is 1.77. The van der Waals surface area contributed by atoms with Crippen molar-refractivity contribution >= 4 is 12.4 Å². The highest BCUT2D eigenvalue weighted by molar-refractivity contribution is 5.79. The Bertz CT molecular complexity index is 530. The number of phenolic OH excluding ortho intramolecular Hbond substituents is 1. The molecule has 2 N–H and O–H groups in total. The van der Waals surface area contributed by atoms with Crippen LogP contribution in [0, 0.1) is 0 Å². The predicted octanol–water partition coefficient (Wildman–Crippen LogP) is 3.01. The van der Waals surface area contributed by atoms with Gasteiger partial charge in [0.15, 0.2) is 6.29 Å². The van der Waals surface area contributed by atoms with Crippen molar-refractivity contribution in [2.45, 2.75) is 45.6 Å². The average molecular weight is 293 g/mol. The smallest absolute Gasteiger partial charge is 0.407 e. The van der Waals surface area contributed by atoms with Crippen molar-refractivity contribution in [3.8, 4) is 5.75 Å². The number of carbonyl (C=O) groups is 2. The SMILES string of the molecule is CC(C)(C)OC(=O)NCC(C)(C)c1ccc(C=O)c(O)c1. The van der Waals surface area contributed by atoms with Crippen molar-refractivity contribution in [3.05, 3.63) is 29.3 Å². The molecule has 0 spiro atoms. The van der Waals surface area contributed by atoms with E-state index in [2.05, 4.69) is 5.32 Å². The second-order valence-corrected chi connectivity index (χ2v) is 6.63. The van der Waals surface area contributed by atoms with Crippen molar-refractivity contribution < 1.29 is 19.4 Å². The van der Waals surface area contributed by atoms with Crippen LogP contribution >= 0.6 is 0 Å². The van der Waals surface area contributed by atoms with Crippen molar-refractivity contribution in [1.82, 2.24) is 5.32 Å². The Morgan fingerprint density at radius 1 is 1.29 bits per heavy atom. The molecule has 0 unspecified atom stereocenters. The molecular weight excluding hydrogens is 270 g/mol. The maximum atomic E-state index is 11.7. The summed E-state index contributed by atoms with van der Waals surface area (Å²) in [5.74, 6) is -0.0622. The number of hydrogen-bond donors (Lipinski definition) is 2. The van der Waals surface area contributed by atoms with E-state index in [9.17, 15) is 14.7 Å². The number of amides is 1. The Balaban J connectivity index is 2.75. The largest absolute Gasteiger partial charge is 0.507 e. The van der Waals surface area contributed by atoms with Crippen LogP contribution in [0.1, 0.15) is 50.5 Å². The van der Waals surface area contributed by atoms with Crippen molar-refractivity contribution in [3.63, 3.8) is 0 Å². The summed E-state index contributed by atoms with van der Waals surface area (Å²) in [7, 11) is 0. The average Bonchev–Trinajstić information content (AvgIpc) is 2.34. The quantitative estimate of drug-likeness (QED) is 0.837. The molecule has 0 radical (unpaired) electrons. The first-order valence-electron chi connectivity index (χ1n) is 6.81. The molecule has 0 atom stereocenters. The number of hydrogen-bond acceptors (Lipinski definition) is 4. The van der Waals surface area contributed by atoms with E-state index >= 15 is 0 Å². The number of ether oxygens (including phenoxy) is 1. The zero-order valence-corrected chi connectivity index (χ0v) is 13.2. The van der Waals surface area contributed by atoms with E-state index in [1.807, 2.05) is 13.8 Å². The first-order chi connectivity index (χ1) is 9.55. The summed E-state index contributed by atoms with van der Waals surface area (Å²) in [4.78, 5) is 22.4. The number of phenols is 1. The summed E-state index contributed by atoms with van der Waals surface area (Å²) in [5, 5.41) is 12.5. The normalized spacial score (nSPS) is 11.9. The summed E-state index contributed by atoms with van der Waals surface area (Å²) in [5.41, 5.74) is 0.116. The molecule has 0 saturated carbocycles. The molecule has 1 amide bonds.